The molecule has 1 aliphatic carbocycles. The summed E-state index contributed by atoms with van der Waals surface area (Å²) in [5.41, 5.74) is 0.460. The van der Waals surface area contributed by atoms with Crippen LogP contribution in [0.15, 0.2) is 21.6 Å². The highest BCUT2D eigenvalue weighted by Gasteiger charge is 2.37. The largest absolute Gasteiger partial charge is 0.468 e. The second kappa shape index (κ2) is 7.23. The van der Waals surface area contributed by atoms with Crippen LogP contribution in [0.1, 0.15) is 59.1 Å². The lowest BCUT2D eigenvalue weighted by atomic mass is 9.68. The molecule has 21 heavy (non-hydrogen) atoms. The first kappa shape index (κ1) is 17.0. The van der Waals surface area contributed by atoms with Gasteiger partial charge in [0, 0.05) is 16.2 Å². The number of aryl methyl sites for hydroxylation is 1. The maximum absolute atomic E-state index is 5.48. The number of furan rings is 1. The molecule has 0 aliphatic heterocycles. The van der Waals surface area contributed by atoms with E-state index in [0.29, 0.717) is 16.7 Å². The first-order valence-corrected chi connectivity index (χ1v) is 9.30. The summed E-state index contributed by atoms with van der Waals surface area (Å²) in [4.78, 5) is 1.32. The summed E-state index contributed by atoms with van der Waals surface area (Å²) in [6.45, 7) is 12.6. The Kier molecular flexibility index (Phi) is 5.84. The zero-order valence-electron chi connectivity index (χ0n) is 14.2. The van der Waals surface area contributed by atoms with Crippen molar-refractivity contribution in [3.8, 4) is 0 Å². The average Bonchev–Trinajstić information content (AvgIpc) is 2.86. The lowest BCUT2D eigenvalue weighted by Gasteiger charge is -2.43. The van der Waals surface area contributed by atoms with Gasteiger partial charge in [-0.2, -0.15) is 0 Å². The molecule has 2 nitrogen and oxygen atoms in total. The molecule has 1 aliphatic rings. The summed E-state index contributed by atoms with van der Waals surface area (Å²) in [5, 5.41) is 4.36. The van der Waals surface area contributed by atoms with E-state index in [0.717, 1.165) is 18.2 Å². The average molecular weight is 310 g/mol. The Morgan fingerprint density at radius 2 is 2.10 bits per heavy atom. The fraction of sp³-hybridized carbons (Fsp3) is 0.778. The van der Waals surface area contributed by atoms with Crippen molar-refractivity contribution >= 4 is 11.8 Å². The standard InChI is InChI=1S/C18H31NOS/c1-6-18(4,5)14-8-9-15(19-7-2)17(12-14)21-16-10-11-20-13(16)3/h10-11,14-15,17,19H,6-9,12H2,1-5H3. The number of rotatable bonds is 6. The van der Waals surface area contributed by atoms with Crippen LogP contribution < -0.4 is 5.32 Å². The molecule has 0 bridgehead atoms. The molecule has 1 fully saturated rings. The number of thioether (sulfide) groups is 1. The van der Waals surface area contributed by atoms with Crippen LogP contribution in [0.25, 0.3) is 0 Å². The van der Waals surface area contributed by atoms with Crippen LogP contribution in [0, 0.1) is 18.3 Å². The molecule has 0 radical (unpaired) electrons. The van der Waals surface area contributed by atoms with Gasteiger partial charge < -0.3 is 9.73 Å². The van der Waals surface area contributed by atoms with Gasteiger partial charge in [0.05, 0.1) is 6.26 Å². The van der Waals surface area contributed by atoms with E-state index in [9.17, 15) is 0 Å². The van der Waals surface area contributed by atoms with E-state index in [2.05, 4.69) is 46.0 Å². The van der Waals surface area contributed by atoms with E-state index in [1.807, 2.05) is 18.0 Å². The Bertz CT molecular complexity index is 440. The van der Waals surface area contributed by atoms with Crippen molar-refractivity contribution in [2.24, 2.45) is 11.3 Å². The lowest BCUT2D eigenvalue weighted by molar-refractivity contribution is 0.141. The third kappa shape index (κ3) is 4.07. The number of nitrogens with one attached hydrogen (secondary N) is 1. The van der Waals surface area contributed by atoms with E-state index in [-0.39, 0.29) is 0 Å². The summed E-state index contributed by atoms with van der Waals surface area (Å²) in [7, 11) is 0. The Balaban J connectivity index is 2.10. The van der Waals surface area contributed by atoms with Crippen LogP contribution in [0.2, 0.25) is 0 Å². The minimum Gasteiger partial charge on any atom is -0.468 e. The molecule has 1 saturated carbocycles. The third-order valence-corrected chi connectivity index (χ3v) is 6.87. The Morgan fingerprint density at radius 3 is 2.67 bits per heavy atom. The van der Waals surface area contributed by atoms with Gasteiger partial charge in [-0.05, 0) is 50.1 Å². The molecule has 3 heteroatoms. The normalized spacial score (nSPS) is 27.0. The van der Waals surface area contributed by atoms with Crippen LogP contribution in [-0.2, 0) is 0 Å². The Morgan fingerprint density at radius 1 is 1.33 bits per heavy atom. The quantitative estimate of drug-likeness (QED) is 0.775. The highest BCUT2D eigenvalue weighted by atomic mass is 32.2. The molecular weight excluding hydrogens is 278 g/mol. The monoisotopic (exact) mass is 309 g/mol. The van der Waals surface area contributed by atoms with Crippen LogP contribution in [-0.4, -0.2) is 17.8 Å². The van der Waals surface area contributed by atoms with Gasteiger partial charge in [-0.3, -0.25) is 0 Å². The summed E-state index contributed by atoms with van der Waals surface area (Å²) in [6, 6.07) is 2.76. The minimum absolute atomic E-state index is 0.460. The molecule has 0 saturated heterocycles. The lowest BCUT2D eigenvalue weighted by Crippen LogP contribution is -2.45. The molecule has 120 valence electrons. The number of hydrogen-bond donors (Lipinski definition) is 1. The zero-order valence-corrected chi connectivity index (χ0v) is 15.1. The minimum atomic E-state index is 0.460. The van der Waals surface area contributed by atoms with Gasteiger partial charge >= 0.3 is 0 Å². The topological polar surface area (TPSA) is 25.2 Å². The van der Waals surface area contributed by atoms with Gasteiger partial charge in [-0.1, -0.05) is 34.1 Å². The Hall–Kier alpha value is -0.410. The fourth-order valence-electron chi connectivity index (χ4n) is 3.41. The van der Waals surface area contributed by atoms with Crippen LogP contribution in [0.4, 0.5) is 0 Å². The molecule has 1 heterocycles. The summed E-state index contributed by atoms with van der Waals surface area (Å²) in [6.07, 6.45) is 7.06. The number of hydrogen-bond acceptors (Lipinski definition) is 3. The van der Waals surface area contributed by atoms with Crippen molar-refractivity contribution in [3.05, 3.63) is 18.1 Å². The van der Waals surface area contributed by atoms with Gasteiger partial charge in [-0.15, -0.1) is 11.8 Å². The molecule has 1 aromatic rings. The van der Waals surface area contributed by atoms with Crippen molar-refractivity contribution in [1.82, 2.24) is 5.32 Å². The first-order valence-electron chi connectivity index (χ1n) is 8.42. The Labute approximate surface area is 134 Å². The molecule has 0 spiro atoms. The van der Waals surface area contributed by atoms with Gasteiger partial charge in [0.15, 0.2) is 0 Å². The molecule has 3 unspecified atom stereocenters. The summed E-state index contributed by atoms with van der Waals surface area (Å²) >= 11 is 2.02. The molecule has 0 aromatic carbocycles. The highest BCUT2D eigenvalue weighted by Crippen LogP contribution is 2.45. The van der Waals surface area contributed by atoms with E-state index in [1.54, 1.807) is 0 Å². The molecule has 1 N–H and O–H groups in total. The smallest absolute Gasteiger partial charge is 0.114 e. The zero-order chi connectivity index (χ0) is 15.5. The van der Waals surface area contributed by atoms with E-state index < -0.39 is 0 Å². The van der Waals surface area contributed by atoms with E-state index >= 15 is 0 Å². The van der Waals surface area contributed by atoms with Crippen molar-refractivity contribution in [3.63, 3.8) is 0 Å². The highest BCUT2D eigenvalue weighted by molar-refractivity contribution is 8.00. The first-order chi connectivity index (χ1) is 9.97. The summed E-state index contributed by atoms with van der Waals surface area (Å²) < 4.78 is 5.48. The van der Waals surface area contributed by atoms with Crippen molar-refractivity contribution in [2.45, 2.75) is 76.5 Å². The molecule has 2 rings (SSSR count). The van der Waals surface area contributed by atoms with Crippen LogP contribution >= 0.6 is 11.8 Å². The SMILES string of the molecule is CCNC1CCC(C(C)(C)CC)CC1Sc1ccoc1C. The van der Waals surface area contributed by atoms with Gasteiger partial charge in [0.2, 0.25) is 0 Å². The molecule has 1 aromatic heterocycles. The van der Waals surface area contributed by atoms with Crippen molar-refractivity contribution < 1.29 is 4.42 Å². The predicted molar refractivity (Wildman–Crippen MR) is 92.0 cm³/mol. The van der Waals surface area contributed by atoms with Gasteiger partial charge in [0.25, 0.3) is 0 Å². The second-order valence-electron chi connectivity index (χ2n) is 7.01. The maximum Gasteiger partial charge on any atom is 0.114 e. The molecule has 0 amide bonds. The van der Waals surface area contributed by atoms with Crippen molar-refractivity contribution in [2.75, 3.05) is 6.54 Å². The molecule has 3 atom stereocenters. The molecular formula is C18H31NOS. The van der Waals surface area contributed by atoms with E-state index in [4.69, 9.17) is 4.42 Å². The van der Waals surface area contributed by atoms with E-state index in [1.165, 1.54) is 30.6 Å². The third-order valence-electron chi connectivity index (χ3n) is 5.36. The maximum atomic E-state index is 5.48. The van der Waals surface area contributed by atoms with Gasteiger partial charge in [0.1, 0.15) is 5.76 Å². The second-order valence-corrected chi connectivity index (χ2v) is 8.29. The van der Waals surface area contributed by atoms with Crippen molar-refractivity contribution in [1.29, 1.82) is 0 Å². The predicted octanol–water partition coefficient (Wildman–Crippen LogP) is 5.26. The van der Waals surface area contributed by atoms with Crippen LogP contribution in [0.3, 0.4) is 0 Å². The summed E-state index contributed by atoms with van der Waals surface area (Å²) in [5.74, 6) is 1.90. The fourth-order valence-corrected chi connectivity index (χ4v) is 4.81. The van der Waals surface area contributed by atoms with Gasteiger partial charge in [-0.25, -0.2) is 0 Å². The van der Waals surface area contributed by atoms with Crippen LogP contribution in [0.5, 0.6) is 0 Å².